The van der Waals surface area contributed by atoms with Gasteiger partial charge in [-0.1, -0.05) is 36.0 Å². The van der Waals surface area contributed by atoms with Crippen molar-refractivity contribution in [3.8, 4) is 0 Å². The normalized spacial score (nSPS) is 24.7. The van der Waals surface area contributed by atoms with Crippen molar-refractivity contribution in [2.75, 3.05) is 23.7 Å². The summed E-state index contributed by atoms with van der Waals surface area (Å²) < 4.78 is 65.6. The summed E-state index contributed by atoms with van der Waals surface area (Å²) in [6.07, 6.45) is 4.35. The second-order valence-electron chi connectivity index (χ2n) is 16.3. The zero-order valence-electron chi connectivity index (χ0n) is 31.0. The maximum atomic E-state index is 14.0. The van der Waals surface area contributed by atoms with Crippen LogP contribution in [-0.2, 0) is 19.1 Å². The number of carbonyl (C=O) groups excluding carboxylic acids is 4. The maximum absolute atomic E-state index is 14.0. The number of amides is 4. The van der Waals surface area contributed by atoms with Gasteiger partial charge in [-0.3, -0.25) is 19.4 Å². The van der Waals surface area contributed by atoms with Crippen LogP contribution in [0.1, 0.15) is 80.1 Å². The number of benzene rings is 2. The first-order valence-corrected chi connectivity index (χ1v) is 18.8. The van der Waals surface area contributed by atoms with E-state index in [1.165, 1.54) is 9.80 Å². The minimum absolute atomic E-state index is 0.00324. The average Bonchev–Trinajstić information content (AvgIpc) is 3.82. The number of carbonyl (C=O) groups is 4. The predicted octanol–water partition coefficient (Wildman–Crippen LogP) is 9.18. The van der Waals surface area contributed by atoms with Crippen molar-refractivity contribution in [2.24, 2.45) is 23.7 Å². The molecule has 0 radical (unpaired) electrons. The molecule has 0 spiro atoms. The smallest absolute Gasteiger partial charge is 0.410 e. The molecule has 2 saturated heterocycles. The van der Waals surface area contributed by atoms with Gasteiger partial charge in [-0.25, -0.2) is 27.2 Å². The molecule has 10 nitrogen and oxygen atoms in total. The fourth-order valence-electron chi connectivity index (χ4n) is 7.95. The molecule has 296 valence electrons. The Morgan fingerprint density at radius 3 is 1.30 bits per heavy atom. The first-order valence-electron chi connectivity index (χ1n) is 18.0. The molecule has 6 rings (SSSR count). The van der Waals surface area contributed by atoms with Crippen molar-refractivity contribution >= 4 is 58.6 Å². The monoisotopic (exact) mass is 800 g/mol. The third kappa shape index (κ3) is 9.53. The van der Waals surface area contributed by atoms with Crippen molar-refractivity contribution in [1.29, 1.82) is 0 Å². The number of hydrogen-bond donors (Lipinski definition) is 2. The summed E-state index contributed by atoms with van der Waals surface area (Å²) in [7, 11) is 0. The van der Waals surface area contributed by atoms with E-state index < -0.39 is 70.6 Å². The van der Waals surface area contributed by atoms with Crippen LogP contribution in [-0.4, -0.2) is 70.2 Å². The Hall–Kier alpha value is -3.78. The summed E-state index contributed by atoms with van der Waals surface area (Å²) in [6, 6.07) is 1.80. The quantitative estimate of drug-likeness (QED) is 0.235. The number of nitrogens with zero attached hydrogens (tertiary/aromatic N) is 2. The molecule has 2 aliphatic carbocycles. The lowest BCUT2D eigenvalue weighted by Crippen LogP contribution is -2.47. The van der Waals surface area contributed by atoms with Gasteiger partial charge in [-0.15, -0.1) is 0 Å². The van der Waals surface area contributed by atoms with E-state index in [1.807, 2.05) is 0 Å². The minimum Gasteiger partial charge on any atom is -0.444 e. The van der Waals surface area contributed by atoms with Gasteiger partial charge in [-0.05, 0) is 103 Å². The number of halogens is 6. The molecule has 0 aromatic heterocycles. The highest BCUT2D eigenvalue weighted by atomic mass is 35.5. The van der Waals surface area contributed by atoms with E-state index in [0.717, 1.165) is 50.7 Å². The Kier molecular flexibility index (Phi) is 12.4. The Balaban J connectivity index is 0.000000208. The molecule has 4 aliphatic rings. The van der Waals surface area contributed by atoms with Gasteiger partial charge in [0.25, 0.3) is 0 Å². The number of anilines is 2. The largest absolute Gasteiger partial charge is 0.444 e. The van der Waals surface area contributed by atoms with Crippen molar-refractivity contribution < 1.29 is 46.2 Å². The molecule has 0 unspecified atom stereocenters. The van der Waals surface area contributed by atoms with Gasteiger partial charge in [0.1, 0.15) is 46.6 Å². The van der Waals surface area contributed by atoms with Crippen LogP contribution in [0, 0.1) is 46.9 Å². The van der Waals surface area contributed by atoms with Crippen LogP contribution in [0.15, 0.2) is 24.3 Å². The lowest BCUT2D eigenvalue weighted by molar-refractivity contribution is -0.122. The second-order valence-corrected chi connectivity index (χ2v) is 17.1. The van der Waals surface area contributed by atoms with E-state index in [4.69, 9.17) is 32.7 Å². The summed E-state index contributed by atoms with van der Waals surface area (Å²) in [5.41, 5.74) is -1.80. The van der Waals surface area contributed by atoms with Crippen LogP contribution in [0.3, 0.4) is 0 Å². The molecule has 2 aliphatic heterocycles. The molecule has 54 heavy (non-hydrogen) atoms. The summed E-state index contributed by atoms with van der Waals surface area (Å²) in [5.74, 6) is -4.25. The van der Waals surface area contributed by atoms with E-state index in [0.29, 0.717) is 25.2 Å². The van der Waals surface area contributed by atoms with Crippen LogP contribution < -0.4 is 10.6 Å². The molecule has 2 aromatic rings. The number of hydrogen-bond acceptors (Lipinski definition) is 6. The third-order valence-electron chi connectivity index (χ3n) is 10.1. The van der Waals surface area contributed by atoms with Gasteiger partial charge in [0.15, 0.2) is 0 Å². The average molecular weight is 802 g/mol. The Morgan fingerprint density at radius 1 is 0.611 bits per heavy atom. The van der Waals surface area contributed by atoms with Crippen molar-refractivity contribution in [2.45, 2.75) is 103 Å². The molecule has 16 heteroatoms. The summed E-state index contributed by atoms with van der Waals surface area (Å²) in [5, 5.41) is 4.35. The highest BCUT2D eigenvalue weighted by Crippen LogP contribution is 2.44. The standard InChI is InChI=1S/2C19H23ClF2N2O3/c2*1-19(2,3)27-18(26)24-9-10-5-4-6-11(10)16(24)17(25)23-15-7-12(20)13(21)8-14(15)22/h2*7-8,10-11,16H,4-6,9H2,1-3H3,(H,23,25)/t2*10-,11-,16-/m00/s1. The van der Waals surface area contributed by atoms with Gasteiger partial charge in [0.05, 0.1) is 21.4 Å². The summed E-state index contributed by atoms with van der Waals surface area (Å²) >= 11 is 11.4. The van der Waals surface area contributed by atoms with Crippen molar-refractivity contribution in [3.05, 3.63) is 57.6 Å². The SMILES string of the molecule is CC(C)(C)OC(=O)N1C[C@@H]2CCC[C@@H]2[C@H]1C(=O)Nc1cc(Cl)c(F)cc1F.CC(C)(C)OC(=O)N1C[C@@H]2CCC[C@@H]2[C@H]1C(=O)Nc1cc(Cl)c(F)cc1F. The van der Waals surface area contributed by atoms with Gasteiger partial charge in [0, 0.05) is 25.2 Å². The number of rotatable bonds is 4. The lowest BCUT2D eigenvalue weighted by Gasteiger charge is -2.29. The van der Waals surface area contributed by atoms with Crippen LogP contribution in [0.2, 0.25) is 10.0 Å². The van der Waals surface area contributed by atoms with Crippen LogP contribution in [0.25, 0.3) is 0 Å². The van der Waals surface area contributed by atoms with Gasteiger partial charge >= 0.3 is 12.2 Å². The number of fused-ring (bicyclic) bond motifs is 2. The first kappa shape index (κ1) is 41.4. The molecular weight excluding hydrogens is 755 g/mol. The number of likely N-dealkylation sites (tertiary alicyclic amines) is 2. The zero-order chi connectivity index (χ0) is 39.9. The Morgan fingerprint density at radius 2 is 0.963 bits per heavy atom. The van der Waals surface area contributed by atoms with E-state index in [9.17, 15) is 36.7 Å². The molecule has 6 atom stereocenters. The van der Waals surface area contributed by atoms with Crippen LogP contribution in [0.4, 0.5) is 38.5 Å². The molecule has 2 saturated carbocycles. The van der Waals surface area contributed by atoms with Crippen molar-refractivity contribution in [1.82, 2.24) is 9.80 Å². The molecule has 2 aromatic carbocycles. The lowest BCUT2D eigenvalue weighted by atomic mass is 9.93. The Bertz CT molecular complexity index is 1660. The van der Waals surface area contributed by atoms with E-state index in [2.05, 4.69) is 10.6 Å². The predicted molar refractivity (Wildman–Crippen MR) is 195 cm³/mol. The second kappa shape index (κ2) is 16.1. The molecule has 2 heterocycles. The van der Waals surface area contributed by atoms with Gasteiger partial charge in [-0.2, -0.15) is 0 Å². The van der Waals surface area contributed by atoms with E-state index in [1.54, 1.807) is 41.5 Å². The Labute approximate surface area is 322 Å². The highest BCUT2D eigenvalue weighted by Gasteiger charge is 2.52. The molecule has 4 fully saturated rings. The highest BCUT2D eigenvalue weighted by molar-refractivity contribution is 6.31. The maximum Gasteiger partial charge on any atom is 0.410 e. The zero-order valence-corrected chi connectivity index (χ0v) is 32.6. The first-order chi connectivity index (χ1) is 25.1. The fourth-order valence-corrected chi connectivity index (χ4v) is 8.28. The topological polar surface area (TPSA) is 117 Å². The molecular formula is C38H46Cl2F4N4O6. The van der Waals surface area contributed by atoms with E-state index >= 15 is 0 Å². The minimum atomic E-state index is -0.921. The van der Waals surface area contributed by atoms with Crippen LogP contribution >= 0.6 is 23.2 Å². The van der Waals surface area contributed by atoms with Gasteiger partial charge < -0.3 is 20.1 Å². The van der Waals surface area contributed by atoms with Crippen LogP contribution in [0.5, 0.6) is 0 Å². The summed E-state index contributed by atoms with van der Waals surface area (Å²) in [6.45, 7) is 11.4. The third-order valence-corrected chi connectivity index (χ3v) is 10.7. The number of ether oxygens (including phenoxy) is 2. The molecule has 4 amide bonds. The van der Waals surface area contributed by atoms with Gasteiger partial charge in [0.2, 0.25) is 11.8 Å². The fraction of sp³-hybridized carbons (Fsp3) is 0.579. The molecule has 0 bridgehead atoms. The van der Waals surface area contributed by atoms with Crippen molar-refractivity contribution in [3.63, 3.8) is 0 Å². The molecule has 2 N–H and O–H groups in total. The van der Waals surface area contributed by atoms with E-state index in [-0.39, 0.29) is 45.1 Å². The summed E-state index contributed by atoms with van der Waals surface area (Å²) in [4.78, 5) is 53.9. The number of nitrogens with one attached hydrogen (secondary N) is 2.